The largest absolute Gasteiger partial charge is 0.0622 e. The van der Waals surface area contributed by atoms with E-state index in [0.717, 1.165) is 27.6 Å². The first-order valence-corrected chi connectivity index (χ1v) is 8.96. The summed E-state index contributed by atoms with van der Waals surface area (Å²) in [5.41, 5.74) is 5.25. The van der Waals surface area contributed by atoms with Crippen LogP contribution in [0.5, 0.6) is 0 Å². The molecule has 4 aromatic carbocycles. The smallest absolute Gasteiger partial charge is 0.0340 e. The predicted molar refractivity (Wildman–Crippen MR) is 114 cm³/mol. The van der Waals surface area contributed by atoms with E-state index in [4.69, 9.17) is 0 Å². The highest BCUT2D eigenvalue weighted by Crippen LogP contribution is 2.22. The molecule has 0 radical (unpaired) electrons. The van der Waals surface area contributed by atoms with E-state index in [9.17, 15) is 0 Å². The van der Waals surface area contributed by atoms with Crippen molar-refractivity contribution in [2.45, 2.75) is 6.92 Å². The molecule has 0 N–H and O–H groups in total. The SMILES string of the molecule is Cc1ccc2cc(C#Cc3ccccc3)cc(C#Cc3ccccc3)c2c1. The van der Waals surface area contributed by atoms with Crippen LogP contribution >= 0.6 is 0 Å². The number of hydrogen-bond acceptors (Lipinski definition) is 0. The zero-order valence-corrected chi connectivity index (χ0v) is 15.2. The van der Waals surface area contributed by atoms with E-state index in [-0.39, 0.29) is 0 Å². The summed E-state index contributed by atoms with van der Waals surface area (Å²) in [5.74, 6) is 13.2. The van der Waals surface area contributed by atoms with Crippen LogP contribution < -0.4 is 0 Å². The number of aryl methyl sites for hydroxylation is 1. The normalized spacial score (nSPS) is 9.81. The van der Waals surface area contributed by atoms with E-state index >= 15 is 0 Å². The van der Waals surface area contributed by atoms with E-state index in [2.05, 4.69) is 60.9 Å². The van der Waals surface area contributed by atoms with Crippen LogP contribution in [0.2, 0.25) is 0 Å². The predicted octanol–water partition coefficient (Wildman–Crippen LogP) is 5.95. The van der Waals surface area contributed by atoms with Crippen LogP contribution in [0.4, 0.5) is 0 Å². The van der Waals surface area contributed by atoms with Crippen LogP contribution in [0.3, 0.4) is 0 Å². The van der Waals surface area contributed by atoms with Gasteiger partial charge in [0.2, 0.25) is 0 Å². The number of rotatable bonds is 0. The Kier molecular flexibility index (Phi) is 4.74. The van der Waals surface area contributed by atoms with Crippen LogP contribution in [0.1, 0.15) is 27.8 Å². The second-order valence-corrected chi connectivity index (χ2v) is 6.48. The van der Waals surface area contributed by atoms with Gasteiger partial charge in [-0.25, -0.2) is 0 Å². The van der Waals surface area contributed by atoms with Gasteiger partial charge in [0.05, 0.1) is 0 Å². The summed E-state index contributed by atoms with van der Waals surface area (Å²) in [4.78, 5) is 0. The summed E-state index contributed by atoms with van der Waals surface area (Å²) in [6.45, 7) is 2.11. The number of benzene rings is 4. The van der Waals surface area contributed by atoms with Gasteiger partial charge in [-0.3, -0.25) is 0 Å². The van der Waals surface area contributed by atoms with E-state index in [0.29, 0.717) is 0 Å². The molecule has 0 atom stereocenters. The van der Waals surface area contributed by atoms with Gasteiger partial charge in [-0.05, 0) is 54.1 Å². The molecule has 0 saturated carbocycles. The Morgan fingerprint density at radius 1 is 0.519 bits per heavy atom. The quantitative estimate of drug-likeness (QED) is 0.347. The van der Waals surface area contributed by atoms with Gasteiger partial charge in [0.15, 0.2) is 0 Å². The fraction of sp³-hybridized carbons (Fsp3) is 0.0370. The zero-order valence-electron chi connectivity index (χ0n) is 15.2. The van der Waals surface area contributed by atoms with Gasteiger partial charge < -0.3 is 0 Å². The Bertz CT molecular complexity index is 1210. The van der Waals surface area contributed by atoms with E-state index in [1.807, 2.05) is 60.7 Å². The lowest BCUT2D eigenvalue weighted by atomic mass is 9.99. The molecular formula is C27H18. The summed E-state index contributed by atoms with van der Waals surface area (Å²) in [7, 11) is 0. The molecule has 27 heavy (non-hydrogen) atoms. The molecule has 0 nitrogen and oxygen atoms in total. The third kappa shape index (κ3) is 4.09. The second kappa shape index (κ2) is 7.65. The van der Waals surface area contributed by atoms with Gasteiger partial charge in [-0.1, -0.05) is 83.8 Å². The molecule has 0 amide bonds. The van der Waals surface area contributed by atoms with E-state index in [1.165, 1.54) is 10.9 Å². The number of hydrogen-bond donors (Lipinski definition) is 0. The van der Waals surface area contributed by atoms with E-state index < -0.39 is 0 Å². The molecule has 4 aromatic rings. The summed E-state index contributed by atoms with van der Waals surface area (Å²) < 4.78 is 0. The molecule has 0 aliphatic rings. The lowest BCUT2D eigenvalue weighted by Crippen LogP contribution is -1.86. The standard InChI is InChI=1S/C27H18/c1-21-12-16-25-19-24(14-13-22-8-4-2-5-9-22)20-26(27(25)18-21)17-15-23-10-6-3-7-11-23/h2-12,16,18-20H,1H3. The minimum absolute atomic E-state index is 0.979. The molecule has 0 saturated heterocycles. The van der Waals surface area contributed by atoms with Gasteiger partial charge in [-0.15, -0.1) is 0 Å². The Labute approximate surface area is 160 Å². The topological polar surface area (TPSA) is 0 Å². The average molecular weight is 342 g/mol. The van der Waals surface area contributed by atoms with Gasteiger partial charge in [0.25, 0.3) is 0 Å². The lowest BCUT2D eigenvalue weighted by Gasteiger charge is -2.04. The van der Waals surface area contributed by atoms with Gasteiger partial charge >= 0.3 is 0 Å². The monoisotopic (exact) mass is 342 g/mol. The van der Waals surface area contributed by atoms with Crippen LogP contribution in [0.25, 0.3) is 10.8 Å². The van der Waals surface area contributed by atoms with Crippen LogP contribution in [-0.4, -0.2) is 0 Å². The fourth-order valence-electron chi connectivity index (χ4n) is 2.97. The fourth-order valence-corrected chi connectivity index (χ4v) is 2.97. The molecule has 0 aliphatic carbocycles. The highest BCUT2D eigenvalue weighted by Gasteiger charge is 2.02. The van der Waals surface area contributed by atoms with Crippen molar-refractivity contribution in [3.05, 3.63) is 119 Å². The summed E-state index contributed by atoms with van der Waals surface area (Å²) in [6.07, 6.45) is 0. The van der Waals surface area contributed by atoms with Crippen molar-refractivity contribution in [1.82, 2.24) is 0 Å². The number of fused-ring (bicyclic) bond motifs is 1. The first kappa shape index (κ1) is 16.7. The molecule has 0 heteroatoms. The second-order valence-electron chi connectivity index (χ2n) is 6.48. The van der Waals surface area contributed by atoms with E-state index in [1.54, 1.807) is 0 Å². The Balaban J connectivity index is 1.82. The van der Waals surface area contributed by atoms with Crippen molar-refractivity contribution >= 4 is 10.8 Å². The third-order valence-corrected chi connectivity index (χ3v) is 4.35. The maximum absolute atomic E-state index is 3.35. The van der Waals surface area contributed by atoms with Crippen molar-refractivity contribution in [3.63, 3.8) is 0 Å². The van der Waals surface area contributed by atoms with Crippen molar-refractivity contribution in [1.29, 1.82) is 0 Å². The van der Waals surface area contributed by atoms with Gasteiger partial charge in [0, 0.05) is 22.3 Å². The first-order chi connectivity index (χ1) is 13.3. The first-order valence-electron chi connectivity index (χ1n) is 8.96. The lowest BCUT2D eigenvalue weighted by molar-refractivity contribution is 1.50. The minimum atomic E-state index is 0.979. The summed E-state index contributed by atoms with van der Waals surface area (Å²) >= 11 is 0. The van der Waals surface area contributed by atoms with Crippen molar-refractivity contribution in [2.24, 2.45) is 0 Å². The van der Waals surface area contributed by atoms with Crippen LogP contribution in [0.15, 0.2) is 91.0 Å². The summed E-state index contributed by atoms with van der Waals surface area (Å²) in [6, 6.07) is 30.8. The third-order valence-electron chi connectivity index (χ3n) is 4.35. The van der Waals surface area contributed by atoms with Crippen LogP contribution in [0, 0.1) is 30.6 Å². The zero-order chi connectivity index (χ0) is 18.5. The van der Waals surface area contributed by atoms with Crippen molar-refractivity contribution < 1.29 is 0 Å². The molecule has 0 unspecified atom stereocenters. The maximum Gasteiger partial charge on any atom is 0.0340 e. The molecule has 0 fully saturated rings. The van der Waals surface area contributed by atoms with Gasteiger partial charge in [-0.2, -0.15) is 0 Å². The molecule has 0 aromatic heterocycles. The molecule has 0 bridgehead atoms. The highest BCUT2D eigenvalue weighted by molar-refractivity contribution is 5.90. The molecule has 4 rings (SSSR count). The molecule has 0 heterocycles. The molecule has 126 valence electrons. The molecule has 0 aliphatic heterocycles. The molecule has 0 spiro atoms. The highest BCUT2D eigenvalue weighted by atomic mass is 14.1. The van der Waals surface area contributed by atoms with Gasteiger partial charge in [0.1, 0.15) is 0 Å². The summed E-state index contributed by atoms with van der Waals surface area (Å²) in [5, 5.41) is 2.33. The van der Waals surface area contributed by atoms with Crippen LogP contribution in [-0.2, 0) is 0 Å². The minimum Gasteiger partial charge on any atom is -0.0622 e. The average Bonchev–Trinajstić information content (AvgIpc) is 2.72. The van der Waals surface area contributed by atoms with Crippen molar-refractivity contribution in [2.75, 3.05) is 0 Å². The maximum atomic E-state index is 3.35. The Hall–Kier alpha value is -3.74. The van der Waals surface area contributed by atoms with Crippen molar-refractivity contribution in [3.8, 4) is 23.7 Å². The Morgan fingerprint density at radius 3 is 1.78 bits per heavy atom. The molecular weight excluding hydrogens is 324 g/mol. The Morgan fingerprint density at radius 2 is 1.11 bits per heavy atom.